The van der Waals surface area contributed by atoms with Gasteiger partial charge in [0.25, 0.3) is 0 Å². The van der Waals surface area contributed by atoms with Gasteiger partial charge in [-0.25, -0.2) is 0 Å². The van der Waals surface area contributed by atoms with E-state index in [2.05, 4.69) is 0 Å². The van der Waals surface area contributed by atoms with Crippen LogP contribution in [0.2, 0.25) is 0 Å². The molecule has 0 aliphatic heterocycles. The molecule has 0 aliphatic carbocycles. The lowest BCUT2D eigenvalue weighted by molar-refractivity contribution is -0.281. The summed E-state index contributed by atoms with van der Waals surface area (Å²) in [6, 6.07) is 0. The number of ketones is 8. The minimum atomic E-state index is -4.63. The highest BCUT2D eigenvalue weighted by atomic mass is 16.4. The van der Waals surface area contributed by atoms with E-state index >= 15 is 0 Å². The van der Waals surface area contributed by atoms with Crippen molar-refractivity contribution in [2.75, 3.05) is 0 Å². The van der Waals surface area contributed by atoms with Gasteiger partial charge in [0.1, 0.15) is 0 Å². The van der Waals surface area contributed by atoms with Gasteiger partial charge in [-0.1, -0.05) is 0 Å². The van der Waals surface area contributed by atoms with Crippen molar-refractivity contribution < 1.29 is 63.9 Å². The van der Waals surface area contributed by atoms with Crippen LogP contribution in [0.4, 0.5) is 0 Å². The van der Waals surface area contributed by atoms with Gasteiger partial charge < -0.3 is 25.5 Å². The van der Waals surface area contributed by atoms with E-state index in [4.69, 9.17) is 0 Å². The molecule has 13 nitrogen and oxygen atoms in total. The number of rotatable bonds is 12. The Labute approximate surface area is 187 Å². The Morgan fingerprint density at radius 2 is 0.636 bits per heavy atom. The number of carbonyl (C=O) groups excluding carboxylic acids is 8. The maximum absolute atomic E-state index is 12.7. The minimum absolute atomic E-state index is 0.279. The van der Waals surface area contributed by atoms with Gasteiger partial charge in [0.15, 0.2) is 40.5 Å². The Hall–Kier alpha value is -2.84. The number of hydrogen-bond acceptors (Lipinski definition) is 13. The molecule has 0 bridgehead atoms. The summed E-state index contributed by atoms with van der Waals surface area (Å²) in [6.45, 7) is 2.58. The Morgan fingerprint density at radius 3 is 0.818 bits per heavy atom. The number of aliphatic hydroxyl groups is 5. The maximum Gasteiger partial charge on any atom is 0.240 e. The summed E-state index contributed by atoms with van der Waals surface area (Å²) in [7, 11) is 0. The molecular formula is C20H26O13. The summed E-state index contributed by atoms with van der Waals surface area (Å²) in [5.41, 5.74) is -22.1. The van der Waals surface area contributed by atoms with E-state index in [1.54, 1.807) is 0 Å². The van der Waals surface area contributed by atoms with Crippen LogP contribution in [0.1, 0.15) is 48.5 Å². The fourth-order valence-corrected chi connectivity index (χ4v) is 3.91. The summed E-state index contributed by atoms with van der Waals surface area (Å²) in [4.78, 5) is 98.9. The summed E-state index contributed by atoms with van der Waals surface area (Å²) in [5.74, 6) is -15.5. The Kier molecular flexibility index (Phi) is 8.07. The molecule has 0 saturated carbocycles. The standard InChI is InChI=1S/C20H26O13/c1-8(21)15(28)17(30,11(4)24)19(32,13(6)26)20(33,14(7)27)18(31,12(5)25)16(29,9(2)22)10(3)23/h29-33H,1-7H3/t17-,18-,19-,20-/m1/s1. The third-order valence-electron chi connectivity index (χ3n) is 5.80. The molecule has 0 fully saturated rings. The quantitative estimate of drug-likeness (QED) is 0.135. The van der Waals surface area contributed by atoms with Crippen molar-refractivity contribution >= 4 is 46.3 Å². The molecule has 5 N–H and O–H groups in total. The zero-order valence-corrected chi connectivity index (χ0v) is 19.0. The van der Waals surface area contributed by atoms with E-state index in [0.717, 1.165) is 0 Å². The predicted octanol–water partition coefficient (Wildman–Crippen LogP) is -3.67. The second kappa shape index (κ2) is 8.83. The lowest BCUT2D eigenvalue weighted by atomic mass is 9.52. The molecule has 0 aromatic carbocycles. The molecule has 0 amide bonds. The second-order valence-corrected chi connectivity index (χ2v) is 7.77. The Morgan fingerprint density at radius 1 is 0.394 bits per heavy atom. The number of Topliss-reactive ketones (excluding diaryl/α,β-unsaturated/α-hetero) is 8. The van der Waals surface area contributed by atoms with Gasteiger partial charge in [-0.3, -0.25) is 38.4 Å². The average Bonchev–Trinajstić information content (AvgIpc) is 2.68. The number of hydrogen-bond donors (Lipinski definition) is 5. The maximum atomic E-state index is 12.7. The van der Waals surface area contributed by atoms with E-state index in [0.29, 0.717) is 34.6 Å². The Bertz CT molecular complexity index is 964. The lowest BCUT2D eigenvalue weighted by Gasteiger charge is -2.55. The molecular weight excluding hydrogens is 448 g/mol. The first-order valence-electron chi connectivity index (χ1n) is 9.25. The van der Waals surface area contributed by atoms with Crippen molar-refractivity contribution in [3.8, 4) is 0 Å². The second-order valence-electron chi connectivity index (χ2n) is 7.77. The van der Waals surface area contributed by atoms with Crippen LogP contribution in [-0.4, -0.2) is 99.8 Å². The highest BCUT2D eigenvalue weighted by Crippen LogP contribution is 2.48. The van der Waals surface area contributed by atoms with Crippen LogP contribution in [0.3, 0.4) is 0 Å². The van der Waals surface area contributed by atoms with Crippen LogP contribution < -0.4 is 0 Å². The van der Waals surface area contributed by atoms with E-state index in [-0.39, 0.29) is 13.8 Å². The van der Waals surface area contributed by atoms with Gasteiger partial charge in [0.05, 0.1) is 0 Å². The molecule has 4 atom stereocenters. The lowest BCUT2D eigenvalue weighted by Crippen LogP contribution is -2.90. The first-order chi connectivity index (χ1) is 14.5. The van der Waals surface area contributed by atoms with Crippen LogP contribution in [0, 0.1) is 0 Å². The SMILES string of the molecule is CC(=O)C(=O)[C@](O)(C(C)=O)[C@](O)(C(C)=O)[C@@](O)(C(C)=O)[C@@](O)(C(C)=O)C(O)(C(C)=O)C(C)=O. The van der Waals surface area contributed by atoms with Crippen molar-refractivity contribution in [2.24, 2.45) is 0 Å². The molecule has 0 aromatic rings. The zero-order valence-electron chi connectivity index (χ0n) is 19.0. The predicted molar refractivity (Wildman–Crippen MR) is 105 cm³/mol. The fraction of sp³-hybridized carbons (Fsp3) is 0.600. The van der Waals surface area contributed by atoms with Crippen molar-refractivity contribution in [3.05, 3.63) is 0 Å². The van der Waals surface area contributed by atoms with Crippen molar-refractivity contribution in [2.45, 2.75) is 76.5 Å². The zero-order chi connectivity index (χ0) is 27.1. The van der Waals surface area contributed by atoms with Crippen LogP contribution in [0.25, 0.3) is 0 Å². The van der Waals surface area contributed by atoms with E-state index in [9.17, 15) is 63.9 Å². The highest BCUT2D eigenvalue weighted by Gasteiger charge is 2.84. The molecule has 13 heteroatoms. The van der Waals surface area contributed by atoms with E-state index in [1.807, 2.05) is 0 Å². The van der Waals surface area contributed by atoms with E-state index < -0.39 is 74.3 Å². The normalized spacial score (nSPS) is 19.0. The summed E-state index contributed by atoms with van der Waals surface area (Å²) in [5, 5.41) is 55.6. The molecule has 0 unspecified atom stereocenters. The molecule has 0 spiro atoms. The van der Waals surface area contributed by atoms with Crippen LogP contribution in [0.15, 0.2) is 0 Å². The molecule has 0 rings (SSSR count). The van der Waals surface area contributed by atoms with Crippen molar-refractivity contribution in [1.29, 1.82) is 0 Å². The average molecular weight is 474 g/mol. The first-order valence-corrected chi connectivity index (χ1v) is 9.25. The first kappa shape index (κ1) is 30.2. The van der Waals surface area contributed by atoms with Crippen molar-refractivity contribution in [1.82, 2.24) is 0 Å². The van der Waals surface area contributed by atoms with E-state index in [1.165, 1.54) is 0 Å². The van der Waals surface area contributed by atoms with Crippen LogP contribution in [0.5, 0.6) is 0 Å². The molecule has 184 valence electrons. The third kappa shape index (κ3) is 3.43. The van der Waals surface area contributed by atoms with Gasteiger partial charge in [-0.2, -0.15) is 0 Å². The van der Waals surface area contributed by atoms with Crippen LogP contribution in [-0.2, 0) is 38.4 Å². The van der Waals surface area contributed by atoms with Crippen LogP contribution >= 0.6 is 0 Å². The smallest absolute Gasteiger partial charge is 0.240 e. The van der Waals surface area contributed by atoms with Gasteiger partial charge in [-0.05, 0) is 41.5 Å². The van der Waals surface area contributed by atoms with Gasteiger partial charge in [0, 0.05) is 6.92 Å². The van der Waals surface area contributed by atoms with Gasteiger partial charge >= 0.3 is 0 Å². The van der Waals surface area contributed by atoms with Gasteiger partial charge in [-0.15, -0.1) is 0 Å². The highest BCUT2D eigenvalue weighted by molar-refractivity contribution is 6.45. The molecule has 0 aromatic heterocycles. The third-order valence-corrected chi connectivity index (χ3v) is 5.80. The monoisotopic (exact) mass is 474 g/mol. The molecule has 0 saturated heterocycles. The largest absolute Gasteiger partial charge is 0.376 e. The number of carbonyl (C=O) groups is 8. The summed E-state index contributed by atoms with van der Waals surface area (Å²) < 4.78 is 0. The molecule has 0 radical (unpaired) electrons. The molecule has 33 heavy (non-hydrogen) atoms. The topological polar surface area (TPSA) is 238 Å². The Balaban J connectivity index is 8.41. The minimum Gasteiger partial charge on any atom is -0.376 e. The van der Waals surface area contributed by atoms with Crippen molar-refractivity contribution in [3.63, 3.8) is 0 Å². The molecule has 0 aliphatic rings. The fourth-order valence-electron chi connectivity index (χ4n) is 3.91. The summed E-state index contributed by atoms with van der Waals surface area (Å²) >= 11 is 0. The summed E-state index contributed by atoms with van der Waals surface area (Å²) in [6.07, 6.45) is 0. The van der Waals surface area contributed by atoms with Gasteiger partial charge in [0.2, 0.25) is 33.8 Å². The molecule has 0 heterocycles.